The Bertz CT molecular complexity index is 921. The molecule has 122 valence electrons. The number of nitrogens with zero attached hydrogens (tertiary/aromatic N) is 1. The molecule has 3 rings (SSSR count). The van der Waals surface area contributed by atoms with Crippen LogP contribution in [0.2, 0.25) is 10.0 Å². The number of carbonyl (C=O) groups is 1. The Kier molecular flexibility index (Phi) is 4.86. The maximum absolute atomic E-state index is 12.5. The number of hydrogen-bond acceptors (Lipinski definition) is 4. The number of halogens is 2. The zero-order chi connectivity index (χ0) is 17.3. The van der Waals surface area contributed by atoms with Gasteiger partial charge < -0.3 is 10.3 Å². The molecular weight excluding hydrogens is 369 g/mol. The standard InChI is InChI=1S/C16H11Cl2N3O2S/c1-2-6-24-16-20-14-12(15(23)21-16)9(7-11(22)19-14)8-4-3-5-10(17)13(8)18/h1,3-5,9H,6-7H2,(H2,19,20,21,22,23)/t9-/m1/s1. The SMILES string of the molecule is C#CCSc1nc2c(c(=O)[nH]1)[C@@H](c1cccc(Cl)c1Cl)CC(=O)N2. The predicted octanol–water partition coefficient (Wildman–Crippen LogP) is 3.28. The number of benzene rings is 1. The van der Waals surface area contributed by atoms with Crippen molar-refractivity contribution in [2.24, 2.45) is 0 Å². The summed E-state index contributed by atoms with van der Waals surface area (Å²) < 4.78 is 0. The van der Waals surface area contributed by atoms with Crippen LogP contribution in [0.3, 0.4) is 0 Å². The van der Waals surface area contributed by atoms with Crippen LogP contribution in [0.5, 0.6) is 0 Å². The molecule has 24 heavy (non-hydrogen) atoms. The molecule has 8 heteroatoms. The van der Waals surface area contributed by atoms with Crippen LogP contribution in [0.25, 0.3) is 0 Å². The lowest BCUT2D eigenvalue weighted by Crippen LogP contribution is -2.31. The summed E-state index contributed by atoms with van der Waals surface area (Å²) in [5, 5.41) is 3.69. The zero-order valence-corrected chi connectivity index (χ0v) is 14.6. The first kappa shape index (κ1) is 16.9. The van der Waals surface area contributed by atoms with Crippen molar-refractivity contribution < 1.29 is 4.79 Å². The van der Waals surface area contributed by atoms with Gasteiger partial charge in [0.2, 0.25) is 5.91 Å². The van der Waals surface area contributed by atoms with Crippen molar-refractivity contribution in [3.63, 3.8) is 0 Å². The van der Waals surface area contributed by atoms with Crippen LogP contribution in [0, 0.1) is 12.3 Å². The highest BCUT2D eigenvalue weighted by Crippen LogP contribution is 2.39. The van der Waals surface area contributed by atoms with Crippen LogP contribution in [0.15, 0.2) is 28.2 Å². The monoisotopic (exact) mass is 379 g/mol. The summed E-state index contributed by atoms with van der Waals surface area (Å²) in [5.74, 6) is 2.29. The van der Waals surface area contributed by atoms with Crippen molar-refractivity contribution in [3.05, 3.63) is 49.7 Å². The quantitative estimate of drug-likeness (QED) is 0.487. The summed E-state index contributed by atoms with van der Waals surface area (Å²) in [6, 6.07) is 5.13. The van der Waals surface area contributed by atoms with Gasteiger partial charge in [-0.15, -0.1) is 6.42 Å². The molecule has 1 aromatic heterocycles. The van der Waals surface area contributed by atoms with Crippen molar-refractivity contribution in [1.82, 2.24) is 9.97 Å². The predicted molar refractivity (Wildman–Crippen MR) is 96.0 cm³/mol. The van der Waals surface area contributed by atoms with E-state index < -0.39 is 5.92 Å². The van der Waals surface area contributed by atoms with Crippen molar-refractivity contribution in [3.8, 4) is 12.3 Å². The molecule has 0 radical (unpaired) electrons. The molecule has 0 saturated heterocycles. The summed E-state index contributed by atoms with van der Waals surface area (Å²) in [5.41, 5.74) is 0.654. The van der Waals surface area contributed by atoms with E-state index in [9.17, 15) is 9.59 Å². The molecule has 1 aliphatic rings. The van der Waals surface area contributed by atoms with E-state index in [1.165, 1.54) is 11.8 Å². The van der Waals surface area contributed by atoms with Crippen LogP contribution >= 0.6 is 35.0 Å². The van der Waals surface area contributed by atoms with E-state index in [0.29, 0.717) is 32.1 Å². The third-order valence-electron chi connectivity index (χ3n) is 3.58. The van der Waals surface area contributed by atoms with Gasteiger partial charge in [-0.25, -0.2) is 4.98 Å². The summed E-state index contributed by atoms with van der Waals surface area (Å²) in [4.78, 5) is 31.6. The molecule has 2 N–H and O–H groups in total. The van der Waals surface area contributed by atoms with E-state index >= 15 is 0 Å². The van der Waals surface area contributed by atoms with E-state index in [4.69, 9.17) is 29.6 Å². The molecule has 0 unspecified atom stereocenters. The molecule has 2 heterocycles. The summed E-state index contributed by atoms with van der Waals surface area (Å²) in [6.07, 6.45) is 5.31. The minimum atomic E-state index is -0.511. The number of fused-ring (bicyclic) bond motifs is 1. The summed E-state index contributed by atoms with van der Waals surface area (Å²) in [6.45, 7) is 0. The third-order valence-corrected chi connectivity index (χ3v) is 5.19. The van der Waals surface area contributed by atoms with Crippen molar-refractivity contribution in [2.45, 2.75) is 17.5 Å². The number of nitrogens with one attached hydrogen (secondary N) is 2. The number of hydrogen-bond donors (Lipinski definition) is 2. The molecule has 1 atom stereocenters. The van der Waals surface area contributed by atoms with Gasteiger partial charge in [0, 0.05) is 12.3 Å². The summed E-state index contributed by atoms with van der Waals surface area (Å²) in [7, 11) is 0. The van der Waals surface area contributed by atoms with Crippen LogP contribution in [0.4, 0.5) is 5.82 Å². The molecule has 1 aliphatic heterocycles. The zero-order valence-electron chi connectivity index (χ0n) is 12.2. The number of carbonyl (C=O) groups excluding carboxylic acids is 1. The molecule has 5 nitrogen and oxygen atoms in total. The fourth-order valence-electron chi connectivity index (χ4n) is 2.58. The molecule has 2 aromatic rings. The Morgan fingerprint density at radius 3 is 2.92 bits per heavy atom. The number of terminal acetylenes is 1. The summed E-state index contributed by atoms with van der Waals surface area (Å²) >= 11 is 13.5. The van der Waals surface area contributed by atoms with E-state index in [1.54, 1.807) is 18.2 Å². The molecule has 0 saturated carbocycles. The van der Waals surface area contributed by atoms with E-state index in [2.05, 4.69) is 21.2 Å². The van der Waals surface area contributed by atoms with Crippen LogP contribution in [0.1, 0.15) is 23.5 Å². The number of rotatable bonds is 3. The number of amides is 1. The first-order valence-corrected chi connectivity index (χ1v) is 8.69. The Labute approximate surface area is 152 Å². The lowest BCUT2D eigenvalue weighted by Gasteiger charge is -2.25. The first-order valence-electron chi connectivity index (χ1n) is 6.95. The molecule has 0 spiro atoms. The molecule has 0 bridgehead atoms. The Balaban J connectivity index is 2.13. The van der Waals surface area contributed by atoms with Gasteiger partial charge in [-0.05, 0) is 11.6 Å². The average Bonchev–Trinajstić information content (AvgIpc) is 2.54. The highest BCUT2D eigenvalue weighted by atomic mass is 35.5. The highest BCUT2D eigenvalue weighted by molar-refractivity contribution is 7.99. The lowest BCUT2D eigenvalue weighted by molar-refractivity contribution is -0.116. The normalized spacial score (nSPS) is 16.2. The number of thioether (sulfide) groups is 1. The second kappa shape index (κ2) is 6.89. The maximum atomic E-state index is 12.5. The van der Waals surface area contributed by atoms with Gasteiger partial charge in [0.05, 0.1) is 21.4 Å². The van der Waals surface area contributed by atoms with Gasteiger partial charge in [0.1, 0.15) is 5.82 Å². The minimum Gasteiger partial charge on any atom is -0.310 e. The molecule has 1 aromatic carbocycles. The van der Waals surface area contributed by atoms with Crippen LogP contribution in [-0.2, 0) is 4.79 Å². The van der Waals surface area contributed by atoms with E-state index in [0.717, 1.165) is 0 Å². The van der Waals surface area contributed by atoms with Gasteiger partial charge in [0.15, 0.2) is 5.16 Å². The van der Waals surface area contributed by atoms with Gasteiger partial charge in [-0.1, -0.05) is 53.0 Å². The van der Waals surface area contributed by atoms with Gasteiger partial charge in [-0.2, -0.15) is 0 Å². The lowest BCUT2D eigenvalue weighted by atomic mass is 9.87. The topological polar surface area (TPSA) is 74.8 Å². The third kappa shape index (κ3) is 3.16. The van der Waals surface area contributed by atoms with Gasteiger partial charge in [-0.3, -0.25) is 9.59 Å². The minimum absolute atomic E-state index is 0.0919. The average molecular weight is 380 g/mol. The smallest absolute Gasteiger partial charge is 0.257 e. The maximum Gasteiger partial charge on any atom is 0.257 e. The number of anilines is 1. The van der Waals surface area contributed by atoms with Crippen LogP contribution in [-0.4, -0.2) is 21.6 Å². The number of aromatic nitrogens is 2. The van der Waals surface area contributed by atoms with Gasteiger partial charge in [0.25, 0.3) is 5.56 Å². The second-order valence-corrected chi connectivity index (χ2v) is 6.82. The van der Waals surface area contributed by atoms with Crippen molar-refractivity contribution in [2.75, 3.05) is 11.1 Å². The number of aromatic amines is 1. The highest BCUT2D eigenvalue weighted by Gasteiger charge is 2.32. The second-order valence-electron chi connectivity index (χ2n) is 5.07. The first-order chi connectivity index (χ1) is 11.5. The Morgan fingerprint density at radius 2 is 2.17 bits per heavy atom. The number of H-pyrrole nitrogens is 1. The molecular formula is C16H11Cl2N3O2S. The fourth-order valence-corrected chi connectivity index (χ4v) is 3.56. The Hall–Kier alpha value is -1.94. The fraction of sp³-hybridized carbons (Fsp3) is 0.188. The molecule has 0 fully saturated rings. The molecule has 0 aliphatic carbocycles. The van der Waals surface area contributed by atoms with Crippen molar-refractivity contribution >= 4 is 46.7 Å². The van der Waals surface area contributed by atoms with Crippen molar-refractivity contribution in [1.29, 1.82) is 0 Å². The van der Waals surface area contributed by atoms with E-state index in [1.807, 2.05) is 0 Å². The van der Waals surface area contributed by atoms with E-state index in [-0.39, 0.29) is 23.7 Å². The van der Waals surface area contributed by atoms with Crippen LogP contribution < -0.4 is 10.9 Å². The largest absolute Gasteiger partial charge is 0.310 e. The Morgan fingerprint density at radius 1 is 1.38 bits per heavy atom. The van der Waals surface area contributed by atoms with Gasteiger partial charge >= 0.3 is 0 Å². The molecule has 1 amide bonds.